The van der Waals surface area contributed by atoms with Crippen LogP contribution in [0.3, 0.4) is 0 Å². The molecule has 0 fully saturated rings. The van der Waals surface area contributed by atoms with Gasteiger partial charge in [0.1, 0.15) is 5.76 Å². The fraction of sp³-hybridized carbons (Fsp3) is 0.286. The summed E-state index contributed by atoms with van der Waals surface area (Å²) in [6.07, 6.45) is 1.95. The fourth-order valence-electron chi connectivity index (χ4n) is 3.00. The van der Waals surface area contributed by atoms with Crippen LogP contribution in [0.1, 0.15) is 27.5 Å². The molecule has 0 saturated carbocycles. The number of thiophene rings is 1. The Labute approximate surface area is 173 Å². The average molecular weight is 413 g/mol. The number of hydrogen-bond acceptors (Lipinski definition) is 6. The second kappa shape index (κ2) is 9.49. The summed E-state index contributed by atoms with van der Waals surface area (Å²) in [5.74, 6) is 0.721. The third kappa shape index (κ3) is 6.00. The Morgan fingerprint density at radius 1 is 1.21 bits per heavy atom. The van der Waals surface area contributed by atoms with E-state index < -0.39 is 4.92 Å². The molecule has 0 bridgehead atoms. The van der Waals surface area contributed by atoms with Gasteiger partial charge in [0.15, 0.2) is 0 Å². The van der Waals surface area contributed by atoms with Gasteiger partial charge in [-0.1, -0.05) is 0 Å². The Bertz CT molecular complexity index is 982. The monoisotopic (exact) mass is 413 g/mol. The number of nitro groups is 1. The molecular formula is C21H23N3O4S. The number of benzene rings is 1. The Balaban J connectivity index is 1.60. The number of hydrogen-bond donors (Lipinski definition) is 1. The third-order valence-corrected chi connectivity index (χ3v) is 5.47. The maximum atomic E-state index is 12.5. The summed E-state index contributed by atoms with van der Waals surface area (Å²) in [7, 11) is 0. The lowest BCUT2D eigenvalue weighted by Crippen LogP contribution is -2.27. The van der Waals surface area contributed by atoms with Crippen molar-refractivity contribution in [1.29, 1.82) is 0 Å². The molecule has 0 aliphatic heterocycles. The van der Waals surface area contributed by atoms with E-state index >= 15 is 0 Å². The van der Waals surface area contributed by atoms with Crippen LogP contribution in [0, 0.1) is 24.0 Å². The van der Waals surface area contributed by atoms with Gasteiger partial charge in [0.25, 0.3) is 5.69 Å². The Morgan fingerprint density at radius 2 is 2.03 bits per heavy atom. The predicted molar refractivity (Wildman–Crippen MR) is 113 cm³/mol. The number of nitrogens with one attached hydrogen (secondary N) is 1. The summed E-state index contributed by atoms with van der Waals surface area (Å²) in [6, 6.07) is 12.4. The van der Waals surface area contributed by atoms with Crippen molar-refractivity contribution in [3.05, 3.63) is 79.9 Å². The molecule has 0 atom stereocenters. The molecule has 0 saturated heterocycles. The Morgan fingerprint density at radius 3 is 2.66 bits per heavy atom. The van der Waals surface area contributed by atoms with Gasteiger partial charge in [0.2, 0.25) is 5.91 Å². The number of non-ortho nitro benzene ring substituents is 1. The van der Waals surface area contributed by atoms with E-state index in [0.29, 0.717) is 30.8 Å². The maximum Gasteiger partial charge on any atom is 0.269 e. The summed E-state index contributed by atoms with van der Waals surface area (Å²) in [5, 5.41) is 13.7. The zero-order chi connectivity index (χ0) is 20.8. The van der Waals surface area contributed by atoms with Crippen LogP contribution in [0.2, 0.25) is 0 Å². The van der Waals surface area contributed by atoms with Gasteiger partial charge in [0, 0.05) is 47.1 Å². The highest BCUT2D eigenvalue weighted by Crippen LogP contribution is 2.22. The molecule has 152 valence electrons. The van der Waals surface area contributed by atoms with Crippen molar-refractivity contribution in [2.24, 2.45) is 0 Å². The summed E-state index contributed by atoms with van der Waals surface area (Å²) in [4.78, 5) is 27.5. The average Bonchev–Trinajstić information content (AvgIpc) is 3.33. The minimum absolute atomic E-state index is 0.0105. The van der Waals surface area contributed by atoms with Gasteiger partial charge in [-0.2, -0.15) is 0 Å². The lowest BCUT2D eigenvalue weighted by Gasteiger charge is -2.20. The van der Waals surface area contributed by atoms with E-state index in [0.717, 1.165) is 12.3 Å². The number of rotatable bonds is 9. The highest BCUT2D eigenvalue weighted by Gasteiger charge is 2.14. The maximum absolute atomic E-state index is 12.5. The predicted octanol–water partition coefficient (Wildman–Crippen LogP) is 4.90. The molecule has 0 spiro atoms. The minimum atomic E-state index is -0.447. The first kappa shape index (κ1) is 20.8. The van der Waals surface area contributed by atoms with E-state index in [2.05, 4.69) is 29.3 Å². The number of nitrogens with zero attached hydrogens (tertiary/aromatic N) is 2. The van der Waals surface area contributed by atoms with Gasteiger partial charge in [-0.3, -0.25) is 19.8 Å². The van der Waals surface area contributed by atoms with Gasteiger partial charge in [0.05, 0.1) is 17.7 Å². The van der Waals surface area contributed by atoms with Crippen LogP contribution in [0.4, 0.5) is 11.4 Å². The molecule has 0 aliphatic rings. The Hall–Kier alpha value is -2.97. The first-order valence-corrected chi connectivity index (χ1v) is 10.1. The van der Waals surface area contributed by atoms with Crippen LogP contribution in [0.15, 0.2) is 53.1 Å². The summed E-state index contributed by atoms with van der Waals surface area (Å²) in [6.45, 7) is 5.74. The minimum Gasteiger partial charge on any atom is -0.468 e. The lowest BCUT2D eigenvalue weighted by molar-refractivity contribution is -0.384. The number of furan rings is 1. The van der Waals surface area contributed by atoms with Crippen molar-refractivity contribution in [3.63, 3.8) is 0 Å². The van der Waals surface area contributed by atoms with Crippen molar-refractivity contribution < 1.29 is 14.1 Å². The first-order valence-electron chi connectivity index (χ1n) is 9.25. The topological polar surface area (TPSA) is 88.6 Å². The normalized spacial score (nSPS) is 11.0. The lowest BCUT2D eigenvalue weighted by atomic mass is 10.1. The summed E-state index contributed by atoms with van der Waals surface area (Å²) in [5.41, 5.74) is 1.26. The van der Waals surface area contributed by atoms with Crippen molar-refractivity contribution in [2.75, 3.05) is 11.9 Å². The van der Waals surface area contributed by atoms with Crippen molar-refractivity contribution >= 4 is 28.6 Å². The highest BCUT2D eigenvalue weighted by molar-refractivity contribution is 7.11. The van der Waals surface area contributed by atoms with E-state index in [9.17, 15) is 14.9 Å². The Kier molecular flexibility index (Phi) is 6.79. The zero-order valence-corrected chi connectivity index (χ0v) is 17.2. The molecule has 0 unspecified atom stereocenters. The third-order valence-electron chi connectivity index (χ3n) is 4.48. The van der Waals surface area contributed by atoms with Crippen LogP contribution in [-0.2, 0) is 17.9 Å². The zero-order valence-electron chi connectivity index (χ0n) is 16.4. The number of carbonyl (C=O) groups is 1. The largest absolute Gasteiger partial charge is 0.468 e. The molecule has 1 amide bonds. The van der Waals surface area contributed by atoms with Crippen LogP contribution >= 0.6 is 11.3 Å². The second-order valence-electron chi connectivity index (χ2n) is 6.86. The molecule has 2 heterocycles. The molecule has 2 aromatic heterocycles. The molecule has 3 aromatic rings. The molecule has 0 radical (unpaired) electrons. The molecule has 3 rings (SSSR count). The van der Waals surface area contributed by atoms with Gasteiger partial charge >= 0.3 is 0 Å². The number of nitro benzene ring substituents is 1. The number of anilines is 1. The quantitative estimate of drug-likeness (QED) is 0.398. The molecule has 0 aliphatic carbocycles. The van der Waals surface area contributed by atoms with Gasteiger partial charge in [-0.25, -0.2) is 0 Å². The van der Waals surface area contributed by atoms with Gasteiger partial charge in [-0.15, -0.1) is 11.3 Å². The van der Waals surface area contributed by atoms with E-state index in [4.69, 9.17) is 4.42 Å². The van der Waals surface area contributed by atoms with Gasteiger partial charge < -0.3 is 9.73 Å². The molecular weight excluding hydrogens is 390 g/mol. The number of carbonyl (C=O) groups excluding carboxylic acids is 1. The van der Waals surface area contributed by atoms with Gasteiger partial charge in [-0.05, 0) is 49.7 Å². The van der Waals surface area contributed by atoms with Crippen LogP contribution < -0.4 is 5.32 Å². The van der Waals surface area contributed by atoms with Crippen molar-refractivity contribution in [2.45, 2.75) is 33.4 Å². The second-order valence-corrected chi connectivity index (χ2v) is 8.23. The van der Waals surface area contributed by atoms with E-state index in [1.807, 2.05) is 12.1 Å². The molecule has 1 aromatic carbocycles. The number of aryl methyl sites for hydroxylation is 2. The molecule has 7 nitrogen and oxygen atoms in total. The van der Waals surface area contributed by atoms with Crippen LogP contribution in [0.5, 0.6) is 0 Å². The smallest absolute Gasteiger partial charge is 0.269 e. The van der Waals surface area contributed by atoms with Crippen molar-refractivity contribution in [3.8, 4) is 0 Å². The molecule has 8 heteroatoms. The first-order chi connectivity index (χ1) is 13.9. The SMILES string of the molecule is Cc1ccc(CN(CCC(=O)Nc2ccc([N+](=O)[O-])cc2C)Cc2ccco2)s1. The van der Waals surface area contributed by atoms with Crippen LogP contribution in [-0.4, -0.2) is 22.3 Å². The summed E-state index contributed by atoms with van der Waals surface area (Å²) < 4.78 is 5.46. The summed E-state index contributed by atoms with van der Waals surface area (Å²) >= 11 is 1.74. The highest BCUT2D eigenvalue weighted by atomic mass is 32.1. The fourth-order valence-corrected chi connectivity index (χ4v) is 3.93. The number of amides is 1. The van der Waals surface area contributed by atoms with E-state index in [1.54, 1.807) is 30.6 Å². The van der Waals surface area contributed by atoms with Crippen LogP contribution in [0.25, 0.3) is 0 Å². The van der Waals surface area contributed by atoms with Crippen molar-refractivity contribution in [1.82, 2.24) is 4.90 Å². The van der Waals surface area contributed by atoms with E-state index in [1.165, 1.54) is 21.9 Å². The molecule has 1 N–H and O–H groups in total. The van der Waals surface area contributed by atoms with E-state index in [-0.39, 0.29) is 11.6 Å². The molecule has 29 heavy (non-hydrogen) atoms. The standard InChI is InChI=1S/C21H23N3O4S/c1-15-12-17(24(26)27)6-8-20(15)22-21(25)9-10-23(13-18-4-3-11-28-18)14-19-7-5-16(2)29-19/h3-8,11-12H,9-10,13-14H2,1-2H3,(H,22,25).